The van der Waals surface area contributed by atoms with Crippen LogP contribution in [0, 0.1) is 0 Å². The van der Waals surface area contributed by atoms with Crippen LogP contribution in [0.15, 0.2) is 0 Å². The maximum absolute atomic E-state index is 12.7. The normalized spacial score (nSPS) is 19.7. The van der Waals surface area contributed by atoms with Crippen LogP contribution < -0.4 is 11.1 Å². The Labute approximate surface area is 206 Å². The average Bonchev–Trinajstić information content (AvgIpc) is 2.74. The molecule has 6 N–H and O–H groups in total. The first-order chi connectivity index (χ1) is 16.5. The number of carboxylic acid groups (broad SMARTS) is 3. The van der Waals surface area contributed by atoms with Crippen LogP contribution >= 0.6 is 0 Å². The Kier molecular flexibility index (Phi) is 14.4. The minimum absolute atomic E-state index is 0.00166. The van der Waals surface area contributed by atoms with E-state index in [0.29, 0.717) is 58.8 Å². The Hall–Kier alpha value is -2.32. The molecular formula is C22H42N6O7. The van der Waals surface area contributed by atoms with Gasteiger partial charge in [0.05, 0.1) is 26.2 Å². The van der Waals surface area contributed by atoms with E-state index in [2.05, 4.69) is 5.32 Å². The first-order valence-electron chi connectivity index (χ1n) is 12.1. The fraction of sp³-hybridized carbons (Fsp3) is 0.818. The van der Waals surface area contributed by atoms with Crippen LogP contribution in [-0.2, 0) is 19.2 Å². The highest BCUT2D eigenvalue weighted by Crippen LogP contribution is 2.03. The Balaban J connectivity index is 2.91. The number of amides is 1. The molecule has 1 aliphatic heterocycles. The van der Waals surface area contributed by atoms with Crippen molar-refractivity contribution in [2.45, 2.75) is 38.8 Å². The summed E-state index contributed by atoms with van der Waals surface area (Å²) >= 11 is 0. The van der Waals surface area contributed by atoms with Gasteiger partial charge in [-0.15, -0.1) is 0 Å². The van der Waals surface area contributed by atoms with Crippen molar-refractivity contribution in [3.05, 3.63) is 0 Å². The van der Waals surface area contributed by atoms with Crippen LogP contribution in [0.3, 0.4) is 0 Å². The Morgan fingerprint density at radius 2 is 1.03 bits per heavy atom. The molecule has 1 aliphatic rings. The number of hydrogen-bond donors (Lipinski definition) is 5. The minimum Gasteiger partial charge on any atom is -0.480 e. The molecule has 1 amide bonds. The third kappa shape index (κ3) is 14.6. The van der Waals surface area contributed by atoms with Crippen molar-refractivity contribution in [3.63, 3.8) is 0 Å². The van der Waals surface area contributed by atoms with E-state index in [0.717, 1.165) is 6.42 Å². The summed E-state index contributed by atoms with van der Waals surface area (Å²) in [4.78, 5) is 53.6. The van der Waals surface area contributed by atoms with Gasteiger partial charge >= 0.3 is 17.9 Å². The highest BCUT2D eigenvalue weighted by atomic mass is 16.4. The van der Waals surface area contributed by atoms with E-state index in [1.165, 1.54) is 0 Å². The van der Waals surface area contributed by atoms with Gasteiger partial charge in [-0.25, -0.2) is 0 Å². The van der Waals surface area contributed by atoms with E-state index in [-0.39, 0.29) is 44.2 Å². The van der Waals surface area contributed by atoms with Gasteiger partial charge in [0, 0.05) is 64.4 Å². The van der Waals surface area contributed by atoms with Gasteiger partial charge in [-0.2, -0.15) is 0 Å². The quantitative estimate of drug-likeness (QED) is 0.200. The number of nitrogens with one attached hydrogen (secondary N) is 1. The molecule has 1 heterocycles. The third-order valence-electron chi connectivity index (χ3n) is 5.96. The smallest absolute Gasteiger partial charge is 0.317 e. The molecule has 0 spiro atoms. The lowest BCUT2D eigenvalue weighted by atomic mass is 10.1. The number of carbonyl (C=O) groups excluding carboxylic acids is 1. The molecule has 202 valence electrons. The predicted octanol–water partition coefficient (Wildman–Crippen LogP) is -1.91. The van der Waals surface area contributed by atoms with Crippen LogP contribution in [0.25, 0.3) is 0 Å². The summed E-state index contributed by atoms with van der Waals surface area (Å²) in [7, 11) is 0. The number of nitrogens with two attached hydrogens (primary N) is 1. The van der Waals surface area contributed by atoms with Gasteiger partial charge in [0.2, 0.25) is 5.91 Å². The van der Waals surface area contributed by atoms with Gasteiger partial charge in [0.15, 0.2) is 0 Å². The Bertz CT molecular complexity index is 663. The molecular weight excluding hydrogens is 460 g/mol. The second-order valence-corrected chi connectivity index (χ2v) is 9.16. The van der Waals surface area contributed by atoms with Gasteiger partial charge in [-0.3, -0.25) is 38.8 Å². The standard InChI is InChI=1S/C22H42N6O7/c1-3-18(23)12-17(2)24-19(29)13-25-4-6-26(14-20(30)31)8-10-28(16-22(34)35)11-9-27(7-5-25)15-21(32)33/h17-18H,3-16,23H2,1-2H3,(H,24,29)(H,30,31)(H,32,33)(H,34,35). The predicted molar refractivity (Wildman–Crippen MR) is 129 cm³/mol. The van der Waals surface area contributed by atoms with E-state index < -0.39 is 17.9 Å². The summed E-state index contributed by atoms with van der Waals surface area (Å²) in [5, 5.41) is 30.7. The number of carbonyl (C=O) groups is 4. The SMILES string of the molecule is CCC(N)CC(C)NC(=O)CN1CCN(CC(=O)O)CCN(CC(=O)O)CCN(CC(=O)O)CC1. The zero-order chi connectivity index (χ0) is 26.4. The number of nitrogens with zero attached hydrogens (tertiary/aromatic N) is 4. The van der Waals surface area contributed by atoms with Gasteiger partial charge in [-0.05, 0) is 19.8 Å². The van der Waals surface area contributed by atoms with Crippen LogP contribution in [-0.4, -0.2) is 149 Å². The molecule has 0 bridgehead atoms. The maximum Gasteiger partial charge on any atom is 0.317 e. The molecule has 35 heavy (non-hydrogen) atoms. The van der Waals surface area contributed by atoms with Crippen molar-refractivity contribution >= 4 is 23.8 Å². The fourth-order valence-corrected chi connectivity index (χ4v) is 3.99. The molecule has 0 aliphatic carbocycles. The average molecular weight is 503 g/mol. The number of carboxylic acids is 3. The largest absolute Gasteiger partial charge is 0.480 e. The van der Waals surface area contributed by atoms with Crippen molar-refractivity contribution < 1.29 is 34.5 Å². The fourth-order valence-electron chi connectivity index (χ4n) is 3.99. The first-order valence-corrected chi connectivity index (χ1v) is 12.1. The molecule has 1 fully saturated rings. The van der Waals surface area contributed by atoms with Crippen molar-refractivity contribution in [2.24, 2.45) is 5.73 Å². The topological polar surface area (TPSA) is 180 Å². The minimum atomic E-state index is -1.00. The lowest BCUT2D eigenvalue weighted by Crippen LogP contribution is -2.50. The monoisotopic (exact) mass is 502 g/mol. The molecule has 13 heteroatoms. The van der Waals surface area contributed by atoms with Crippen molar-refractivity contribution in [3.8, 4) is 0 Å². The highest BCUT2D eigenvalue weighted by Gasteiger charge is 2.21. The lowest BCUT2D eigenvalue weighted by Gasteiger charge is -2.33. The summed E-state index contributed by atoms with van der Waals surface area (Å²) in [5.41, 5.74) is 5.97. The van der Waals surface area contributed by atoms with Gasteiger partial charge in [0.25, 0.3) is 0 Å². The Morgan fingerprint density at radius 1 is 0.714 bits per heavy atom. The molecule has 0 saturated carbocycles. The molecule has 13 nitrogen and oxygen atoms in total. The number of rotatable bonds is 12. The number of hydrogen-bond acceptors (Lipinski definition) is 9. The van der Waals surface area contributed by atoms with Crippen LogP contribution in [0.4, 0.5) is 0 Å². The van der Waals surface area contributed by atoms with Crippen molar-refractivity contribution in [2.75, 3.05) is 78.5 Å². The van der Waals surface area contributed by atoms with E-state index in [1.54, 1.807) is 14.7 Å². The lowest BCUT2D eigenvalue weighted by molar-refractivity contribution is -0.140. The molecule has 1 saturated heterocycles. The maximum atomic E-state index is 12.7. The summed E-state index contributed by atoms with van der Waals surface area (Å²) in [6.45, 7) is 6.26. The molecule has 2 atom stereocenters. The summed E-state index contributed by atoms with van der Waals surface area (Å²) in [6, 6.07) is -0.0843. The van der Waals surface area contributed by atoms with E-state index in [4.69, 9.17) is 5.73 Å². The van der Waals surface area contributed by atoms with Crippen LogP contribution in [0.1, 0.15) is 26.7 Å². The summed E-state index contributed by atoms with van der Waals surface area (Å²) in [6.07, 6.45) is 1.48. The second-order valence-electron chi connectivity index (χ2n) is 9.16. The molecule has 0 aromatic carbocycles. The number of aliphatic carboxylic acids is 3. The zero-order valence-corrected chi connectivity index (χ0v) is 20.9. The molecule has 0 aromatic rings. The summed E-state index contributed by atoms with van der Waals surface area (Å²) < 4.78 is 0. The summed E-state index contributed by atoms with van der Waals surface area (Å²) in [5.74, 6) is -3.15. The van der Waals surface area contributed by atoms with Crippen LogP contribution in [0.5, 0.6) is 0 Å². The van der Waals surface area contributed by atoms with Crippen LogP contribution in [0.2, 0.25) is 0 Å². The Morgan fingerprint density at radius 3 is 1.31 bits per heavy atom. The van der Waals surface area contributed by atoms with Gasteiger partial charge in [0.1, 0.15) is 0 Å². The van der Waals surface area contributed by atoms with E-state index in [1.807, 2.05) is 18.7 Å². The highest BCUT2D eigenvalue weighted by molar-refractivity contribution is 5.78. The third-order valence-corrected chi connectivity index (χ3v) is 5.96. The van der Waals surface area contributed by atoms with Gasteiger partial charge < -0.3 is 26.4 Å². The second kappa shape index (κ2) is 16.4. The molecule has 0 aromatic heterocycles. The molecule has 0 radical (unpaired) electrons. The van der Waals surface area contributed by atoms with E-state index >= 15 is 0 Å². The first kappa shape index (κ1) is 30.7. The van der Waals surface area contributed by atoms with Gasteiger partial charge in [-0.1, -0.05) is 6.92 Å². The zero-order valence-electron chi connectivity index (χ0n) is 20.9. The van der Waals surface area contributed by atoms with Crippen molar-refractivity contribution in [1.82, 2.24) is 24.9 Å². The van der Waals surface area contributed by atoms with E-state index in [9.17, 15) is 34.5 Å². The van der Waals surface area contributed by atoms with Crippen molar-refractivity contribution in [1.29, 1.82) is 0 Å². The molecule has 1 rings (SSSR count). The molecule has 2 unspecified atom stereocenters.